The van der Waals surface area contributed by atoms with E-state index >= 15 is 0 Å². The van der Waals surface area contributed by atoms with Crippen LogP contribution in [0.1, 0.15) is 34.1 Å². The molecule has 1 unspecified atom stereocenters. The van der Waals surface area contributed by atoms with Crippen molar-refractivity contribution in [2.45, 2.75) is 45.8 Å². The highest BCUT2D eigenvalue weighted by Crippen LogP contribution is 1.98. The van der Waals surface area contributed by atoms with E-state index in [0.29, 0.717) is 12.6 Å². The van der Waals surface area contributed by atoms with E-state index in [-0.39, 0.29) is 0 Å². The van der Waals surface area contributed by atoms with E-state index < -0.39 is 5.60 Å². The minimum atomic E-state index is -0.580. The molecule has 0 fully saturated rings. The zero-order valence-electron chi connectivity index (χ0n) is 7.44. The number of rotatable bonds is 4. The zero-order chi connectivity index (χ0) is 8.20. The lowest BCUT2D eigenvalue weighted by Crippen LogP contribution is -2.39. The number of hydrogen-bond acceptors (Lipinski definition) is 2. The second-order valence-electron chi connectivity index (χ2n) is 3.50. The van der Waals surface area contributed by atoms with Crippen LogP contribution in [0.15, 0.2) is 0 Å². The normalized spacial score (nSPS) is 15.3. The molecular weight excluding hydrogens is 126 g/mol. The highest BCUT2D eigenvalue weighted by atomic mass is 16.3. The summed E-state index contributed by atoms with van der Waals surface area (Å²) in [5.74, 6) is 0. The zero-order valence-corrected chi connectivity index (χ0v) is 7.44. The Morgan fingerprint density at radius 1 is 1.50 bits per heavy atom. The molecule has 0 rings (SSSR count). The van der Waals surface area contributed by atoms with Crippen molar-refractivity contribution >= 4 is 0 Å². The van der Waals surface area contributed by atoms with Gasteiger partial charge in [-0.2, -0.15) is 0 Å². The first-order valence-electron chi connectivity index (χ1n) is 3.91. The van der Waals surface area contributed by atoms with Crippen LogP contribution in [0.3, 0.4) is 0 Å². The third-order valence-electron chi connectivity index (χ3n) is 1.50. The quantitative estimate of drug-likeness (QED) is 0.622. The fourth-order valence-corrected chi connectivity index (χ4v) is 0.568. The van der Waals surface area contributed by atoms with Crippen LogP contribution in [0.4, 0.5) is 0 Å². The van der Waals surface area contributed by atoms with E-state index in [9.17, 15) is 5.11 Å². The lowest BCUT2D eigenvalue weighted by molar-refractivity contribution is 0.0769. The van der Waals surface area contributed by atoms with Gasteiger partial charge in [-0.3, -0.25) is 0 Å². The molecule has 2 nitrogen and oxygen atoms in total. The minimum Gasteiger partial charge on any atom is -0.389 e. The molecule has 0 radical (unpaired) electrons. The summed E-state index contributed by atoms with van der Waals surface area (Å²) in [5, 5.41) is 12.5. The van der Waals surface area contributed by atoms with Crippen molar-refractivity contribution < 1.29 is 5.11 Å². The van der Waals surface area contributed by atoms with Crippen LogP contribution in [0.25, 0.3) is 0 Å². The first-order valence-corrected chi connectivity index (χ1v) is 3.91. The van der Waals surface area contributed by atoms with Crippen molar-refractivity contribution in [2.24, 2.45) is 0 Å². The molecule has 0 spiro atoms. The minimum absolute atomic E-state index is 0.506. The summed E-state index contributed by atoms with van der Waals surface area (Å²) in [6.07, 6.45) is 1.11. The Balaban J connectivity index is 3.36. The van der Waals surface area contributed by atoms with Gasteiger partial charge in [0.05, 0.1) is 5.60 Å². The molecule has 0 bridgehead atoms. The van der Waals surface area contributed by atoms with Gasteiger partial charge < -0.3 is 10.4 Å². The van der Waals surface area contributed by atoms with E-state index in [1.807, 2.05) is 13.8 Å². The van der Waals surface area contributed by atoms with E-state index in [0.717, 1.165) is 6.42 Å². The van der Waals surface area contributed by atoms with Crippen molar-refractivity contribution in [1.29, 1.82) is 0 Å². The summed E-state index contributed by atoms with van der Waals surface area (Å²) in [6.45, 7) is 8.53. The molecule has 62 valence electrons. The Hall–Kier alpha value is -0.0800. The molecule has 0 aromatic rings. The van der Waals surface area contributed by atoms with Crippen LogP contribution >= 0.6 is 0 Å². The molecule has 0 heterocycles. The van der Waals surface area contributed by atoms with Gasteiger partial charge in [-0.1, -0.05) is 6.92 Å². The first kappa shape index (κ1) is 9.92. The van der Waals surface area contributed by atoms with Gasteiger partial charge in [0.2, 0.25) is 0 Å². The van der Waals surface area contributed by atoms with E-state index in [1.54, 1.807) is 0 Å². The Bertz CT molecular complexity index is 85.7. The van der Waals surface area contributed by atoms with Gasteiger partial charge in [-0.25, -0.2) is 0 Å². The summed E-state index contributed by atoms with van der Waals surface area (Å²) in [4.78, 5) is 0. The van der Waals surface area contributed by atoms with Crippen LogP contribution in [0.2, 0.25) is 0 Å². The third kappa shape index (κ3) is 6.05. The molecule has 0 aliphatic heterocycles. The molecule has 0 aromatic heterocycles. The summed E-state index contributed by atoms with van der Waals surface area (Å²) < 4.78 is 0. The van der Waals surface area contributed by atoms with Crippen molar-refractivity contribution in [2.75, 3.05) is 6.54 Å². The molecule has 0 amide bonds. The average molecular weight is 145 g/mol. The highest BCUT2D eigenvalue weighted by molar-refractivity contribution is 4.70. The van der Waals surface area contributed by atoms with Gasteiger partial charge in [-0.05, 0) is 27.2 Å². The molecule has 0 aliphatic rings. The third-order valence-corrected chi connectivity index (χ3v) is 1.50. The number of hydrogen-bond donors (Lipinski definition) is 2. The molecule has 10 heavy (non-hydrogen) atoms. The molecule has 1 atom stereocenters. The predicted molar refractivity (Wildman–Crippen MR) is 44.1 cm³/mol. The average Bonchev–Trinajstić information content (AvgIpc) is 1.81. The topological polar surface area (TPSA) is 32.3 Å². The summed E-state index contributed by atoms with van der Waals surface area (Å²) in [7, 11) is 0. The maximum atomic E-state index is 9.30. The monoisotopic (exact) mass is 145 g/mol. The van der Waals surface area contributed by atoms with Gasteiger partial charge in [0.1, 0.15) is 0 Å². The second-order valence-corrected chi connectivity index (χ2v) is 3.50. The second kappa shape index (κ2) is 3.94. The van der Waals surface area contributed by atoms with Crippen molar-refractivity contribution in [1.82, 2.24) is 5.32 Å². The van der Waals surface area contributed by atoms with Gasteiger partial charge in [0.25, 0.3) is 0 Å². The maximum Gasteiger partial charge on any atom is 0.0715 e. The molecule has 0 saturated carbocycles. The molecule has 2 heteroatoms. The molecule has 0 saturated heterocycles. The largest absolute Gasteiger partial charge is 0.389 e. The van der Waals surface area contributed by atoms with Crippen LogP contribution in [-0.2, 0) is 0 Å². The molecule has 0 aliphatic carbocycles. The Labute approximate surface area is 63.6 Å². The predicted octanol–water partition coefficient (Wildman–Crippen LogP) is 1.15. The van der Waals surface area contributed by atoms with Gasteiger partial charge >= 0.3 is 0 Å². The highest BCUT2D eigenvalue weighted by Gasteiger charge is 2.12. The summed E-state index contributed by atoms with van der Waals surface area (Å²) in [5.41, 5.74) is -0.580. The summed E-state index contributed by atoms with van der Waals surface area (Å²) >= 11 is 0. The first-order chi connectivity index (χ1) is 4.45. The SMILES string of the molecule is CCC(C)NCC(C)(C)O. The van der Waals surface area contributed by atoms with Gasteiger partial charge in [-0.15, -0.1) is 0 Å². The fourth-order valence-electron chi connectivity index (χ4n) is 0.568. The van der Waals surface area contributed by atoms with Crippen molar-refractivity contribution in [3.8, 4) is 0 Å². The molecule has 2 N–H and O–H groups in total. The number of nitrogens with one attached hydrogen (secondary N) is 1. The van der Waals surface area contributed by atoms with Crippen LogP contribution in [-0.4, -0.2) is 23.3 Å². The lowest BCUT2D eigenvalue weighted by Gasteiger charge is -2.20. The molecule has 0 aromatic carbocycles. The lowest BCUT2D eigenvalue weighted by atomic mass is 10.1. The van der Waals surface area contributed by atoms with E-state index in [2.05, 4.69) is 19.2 Å². The standard InChI is InChI=1S/C8H19NO/c1-5-7(2)9-6-8(3,4)10/h7,9-10H,5-6H2,1-4H3. The van der Waals surface area contributed by atoms with Crippen molar-refractivity contribution in [3.63, 3.8) is 0 Å². The van der Waals surface area contributed by atoms with Gasteiger partial charge in [0.15, 0.2) is 0 Å². The van der Waals surface area contributed by atoms with E-state index in [1.165, 1.54) is 0 Å². The van der Waals surface area contributed by atoms with Crippen molar-refractivity contribution in [3.05, 3.63) is 0 Å². The van der Waals surface area contributed by atoms with Crippen LogP contribution in [0.5, 0.6) is 0 Å². The Morgan fingerprint density at radius 3 is 2.30 bits per heavy atom. The maximum absolute atomic E-state index is 9.30. The Kier molecular flexibility index (Phi) is 3.91. The fraction of sp³-hybridized carbons (Fsp3) is 1.00. The smallest absolute Gasteiger partial charge is 0.0715 e. The van der Waals surface area contributed by atoms with E-state index in [4.69, 9.17) is 0 Å². The van der Waals surface area contributed by atoms with Crippen LogP contribution < -0.4 is 5.32 Å². The number of aliphatic hydroxyl groups is 1. The molecular formula is C8H19NO. The van der Waals surface area contributed by atoms with Gasteiger partial charge in [0, 0.05) is 12.6 Å². The summed E-state index contributed by atoms with van der Waals surface area (Å²) in [6, 6.07) is 0.506. The van der Waals surface area contributed by atoms with Crippen LogP contribution in [0, 0.1) is 0 Å². The Morgan fingerprint density at radius 2 is 2.00 bits per heavy atom.